The van der Waals surface area contributed by atoms with E-state index < -0.39 is 23.9 Å². The highest BCUT2D eigenvalue weighted by Gasteiger charge is 2.25. The number of aliphatic carboxylic acids is 4. The molecule has 6 aromatic heterocycles. The molecule has 17 heteroatoms. The minimum absolute atomic E-state index is 0.116. The fourth-order valence-corrected chi connectivity index (χ4v) is 14.8. The van der Waals surface area contributed by atoms with Crippen LogP contribution in [0.15, 0.2) is 133 Å². The molecule has 9 aromatic rings. The number of carbonyl (C=O) groups is 7. The molecule has 6 heterocycles. The lowest BCUT2D eigenvalue weighted by molar-refractivity contribution is -0.137. The average Bonchev–Trinajstić information content (AvgIpc) is 4.21. The standard InChI is InChI=1S/C53H34O11S6/c54-43(55)23-32-18-19-65-50(32)36-14-15-37(66-36)51-34(25-45(58)59)21-41(69-51)48(63)30-10-6-27(7-11-30)28-8-12-31(13-9-28)49(64)42-22-35(26-46(60)61)53(70-42)39-17-16-38(67-39)52-33(24-44(56)57)20-40(68-52)47(62)29-4-2-1-3-5-29/h1-22H,23-26H2,(H,54,55)(H,56,57)(H,58,59)(H,60,61). The smallest absolute Gasteiger partial charge is 0.307 e. The molecule has 0 aliphatic rings. The molecule has 0 atom stereocenters. The Morgan fingerprint density at radius 2 is 0.671 bits per heavy atom. The third-order valence-electron chi connectivity index (χ3n) is 11.0. The summed E-state index contributed by atoms with van der Waals surface area (Å²) in [5.74, 6) is -4.89. The van der Waals surface area contributed by atoms with E-state index in [9.17, 15) is 54.0 Å². The fraction of sp³-hybridized carbons (Fsp3) is 0.0755. The summed E-state index contributed by atoms with van der Waals surface area (Å²) < 4.78 is 0. The van der Waals surface area contributed by atoms with Gasteiger partial charge in [-0.05, 0) is 87.3 Å². The lowest BCUT2D eigenvalue weighted by Crippen LogP contribution is -2.01. The third kappa shape index (κ3) is 10.4. The Kier molecular flexibility index (Phi) is 13.9. The van der Waals surface area contributed by atoms with E-state index in [2.05, 4.69) is 0 Å². The number of hydrogen-bond donors (Lipinski definition) is 4. The molecule has 11 nitrogen and oxygen atoms in total. The molecule has 4 N–H and O–H groups in total. The zero-order valence-corrected chi connectivity index (χ0v) is 41.0. The number of thiophene rings is 6. The second kappa shape index (κ2) is 20.4. The lowest BCUT2D eigenvalue weighted by atomic mass is 9.99. The maximum atomic E-state index is 14.0. The molecule has 0 amide bonds. The summed E-state index contributed by atoms with van der Waals surface area (Å²) >= 11 is 7.76. The summed E-state index contributed by atoms with van der Waals surface area (Å²) in [7, 11) is 0. The van der Waals surface area contributed by atoms with E-state index >= 15 is 0 Å². The van der Waals surface area contributed by atoms with Gasteiger partial charge in [0.2, 0.25) is 17.3 Å². The van der Waals surface area contributed by atoms with Crippen molar-refractivity contribution in [3.05, 3.63) is 186 Å². The molecule has 0 aliphatic heterocycles. The zero-order chi connectivity index (χ0) is 49.2. The number of benzene rings is 3. The summed E-state index contributed by atoms with van der Waals surface area (Å²) in [5, 5.41) is 40.4. The minimum Gasteiger partial charge on any atom is -0.481 e. The largest absolute Gasteiger partial charge is 0.481 e. The Morgan fingerprint density at radius 3 is 1.03 bits per heavy atom. The van der Waals surface area contributed by atoms with Gasteiger partial charge < -0.3 is 20.4 Å². The molecule has 0 unspecified atom stereocenters. The van der Waals surface area contributed by atoms with E-state index in [1.165, 1.54) is 68.0 Å². The molecule has 0 bridgehead atoms. The normalized spacial score (nSPS) is 11.1. The first-order chi connectivity index (χ1) is 33.7. The van der Waals surface area contributed by atoms with Crippen LogP contribution in [0.5, 0.6) is 0 Å². The molecule has 9 rings (SSSR count). The van der Waals surface area contributed by atoms with Gasteiger partial charge in [-0.1, -0.05) is 78.9 Å². The monoisotopic (exact) mass is 1040 g/mol. The number of carboxylic acids is 4. The van der Waals surface area contributed by atoms with Crippen LogP contribution in [0.2, 0.25) is 0 Å². The summed E-state index contributed by atoms with van der Waals surface area (Å²) in [5.41, 5.74) is 4.96. The highest BCUT2D eigenvalue weighted by Crippen LogP contribution is 2.46. The van der Waals surface area contributed by atoms with Crippen molar-refractivity contribution in [3.63, 3.8) is 0 Å². The van der Waals surface area contributed by atoms with Crippen molar-refractivity contribution >= 4 is 109 Å². The molecule has 0 spiro atoms. The maximum Gasteiger partial charge on any atom is 0.307 e. The van der Waals surface area contributed by atoms with Crippen LogP contribution in [0.25, 0.3) is 50.1 Å². The maximum absolute atomic E-state index is 14.0. The molecule has 0 saturated heterocycles. The van der Waals surface area contributed by atoms with Crippen LogP contribution in [-0.2, 0) is 44.9 Å². The van der Waals surface area contributed by atoms with Gasteiger partial charge in [-0.2, -0.15) is 0 Å². The van der Waals surface area contributed by atoms with Crippen molar-refractivity contribution in [1.82, 2.24) is 0 Å². The molecule has 0 fully saturated rings. The van der Waals surface area contributed by atoms with Crippen molar-refractivity contribution < 1.29 is 54.0 Å². The van der Waals surface area contributed by atoms with Gasteiger partial charge in [0.15, 0.2) is 0 Å². The first kappa shape index (κ1) is 47.8. The van der Waals surface area contributed by atoms with E-state index in [4.69, 9.17) is 0 Å². The SMILES string of the molecule is O=C(O)Cc1ccsc1-c1ccc(-c2sc(C(=O)c3ccc(-c4ccc(C(=O)c5cc(CC(=O)O)c(-c6ccc(-c7sc(C(=O)c8ccccc8)cc7CC(=O)O)s6)s5)cc4)cc3)cc2CC(=O)O)s1. The second-order valence-corrected chi connectivity index (χ2v) is 22.0. The Bertz CT molecular complexity index is 3510. The predicted octanol–water partition coefficient (Wildman–Crippen LogP) is 12.6. The predicted molar refractivity (Wildman–Crippen MR) is 276 cm³/mol. The summed E-state index contributed by atoms with van der Waals surface area (Å²) in [6.45, 7) is 0. The van der Waals surface area contributed by atoms with Gasteiger partial charge in [-0.25, -0.2) is 0 Å². The minimum atomic E-state index is -1.07. The number of rotatable bonds is 19. The Balaban J connectivity index is 0.921. The van der Waals surface area contributed by atoms with Crippen LogP contribution in [-0.4, -0.2) is 61.7 Å². The van der Waals surface area contributed by atoms with Gasteiger partial charge in [0.25, 0.3) is 0 Å². The molecule has 0 saturated carbocycles. The van der Waals surface area contributed by atoms with Gasteiger partial charge in [0.1, 0.15) is 0 Å². The van der Waals surface area contributed by atoms with Crippen molar-refractivity contribution in [2.24, 2.45) is 0 Å². The molecular weight excluding hydrogens is 1000 g/mol. The highest BCUT2D eigenvalue weighted by molar-refractivity contribution is 7.28. The number of ketones is 3. The lowest BCUT2D eigenvalue weighted by Gasteiger charge is -2.05. The van der Waals surface area contributed by atoms with E-state index in [0.717, 1.165) is 25.8 Å². The first-order valence-corrected chi connectivity index (χ1v) is 26.1. The number of carboxylic acid groups (broad SMARTS) is 4. The van der Waals surface area contributed by atoms with Crippen LogP contribution >= 0.6 is 68.0 Å². The van der Waals surface area contributed by atoms with Crippen molar-refractivity contribution in [1.29, 1.82) is 0 Å². The summed E-state index contributed by atoms with van der Waals surface area (Å²) in [6.07, 6.45) is -1.02. The van der Waals surface area contributed by atoms with Gasteiger partial charge in [-0.15, -0.1) is 68.0 Å². The fourth-order valence-electron chi connectivity index (χ4n) is 7.79. The molecule has 0 radical (unpaired) electrons. The van der Waals surface area contributed by atoms with E-state index in [1.54, 1.807) is 103 Å². The quantitative estimate of drug-likeness (QED) is 0.0562. The van der Waals surface area contributed by atoms with E-state index in [0.29, 0.717) is 78.0 Å². The second-order valence-electron chi connectivity index (χ2n) is 15.8. The molecule has 348 valence electrons. The Labute approximate surface area is 422 Å². The molecule has 0 aliphatic carbocycles. The summed E-state index contributed by atoms with van der Waals surface area (Å²) in [6, 6.07) is 36.6. The van der Waals surface area contributed by atoms with Crippen LogP contribution in [0, 0.1) is 0 Å². The molecular formula is C53H34O11S6. The van der Waals surface area contributed by atoms with Gasteiger partial charge in [-0.3, -0.25) is 33.6 Å². The van der Waals surface area contributed by atoms with Crippen LogP contribution in [0.1, 0.15) is 68.0 Å². The van der Waals surface area contributed by atoms with E-state index in [1.807, 2.05) is 29.6 Å². The van der Waals surface area contributed by atoms with Gasteiger partial charge in [0, 0.05) is 55.7 Å². The van der Waals surface area contributed by atoms with Gasteiger partial charge in [0.05, 0.1) is 40.3 Å². The van der Waals surface area contributed by atoms with Crippen molar-refractivity contribution in [3.8, 4) is 50.1 Å². The summed E-state index contributed by atoms with van der Waals surface area (Å²) in [4.78, 5) is 95.2. The molecule has 70 heavy (non-hydrogen) atoms. The van der Waals surface area contributed by atoms with E-state index in [-0.39, 0.29) is 43.0 Å². The molecule has 3 aromatic carbocycles. The Morgan fingerprint density at radius 1 is 0.343 bits per heavy atom. The van der Waals surface area contributed by atoms with Crippen molar-refractivity contribution in [2.75, 3.05) is 0 Å². The Hall–Kier alpha value is -7.25. The van der Waals surface area contributed by atoms with Crippen LogP contribution in [0.4, 0.5) is 0 Å². The average molecular weight is 1040 g/mol. The third-order valence-corrected chi connectivity index (χ3v) is 18.4. The zero-order valence-electron chi connectivity index (χ0n) is 36.1. The van der Waals surface area contributed by atoms with Crippen LogP contribution < -0.4 is 0 Å². The number of hydrogen-bond acceptors (Lipinski definition) is 13. The van der Waals surface area contributed by atoms with Crippen molar-refractivity contribution in [2.45, 2.75) is 25.7 Å². The topological polar surface area (TPSA) is 200 Å². The van der Waals surface area contributed by atoms with Crippen LogP contribution in [0.3, 0.4) is 0 Å². The van der Waals surface area contributed by atoms with Gasteiger partial charge >= 0.3 is 23.9 Å². The first-order valence-electron chi connectivity index (χ1n) is 21.1. The highest BCUT2D eigenvalue weighted by atomic mass is 32.1. The number of carbonyl (C=O) groups excluding carboxylic acids is 3.